The minimum atomic E-state index is -0.152. The fourth-order valence-electron chi connectivity index (χ4n) is 1.96. The van der Waals surface area contributed by atoms with Crippen molar-refractivity contribution in [2.75, 3.05) is 11.1 Å². The smallest absolute Gasteiger partial charge is 0.236 e. The van der Waals surface area contributed by atoms with E-state index in [-0.39, 0.29) is 11.7 Å². The van der Waals surface area contributed by atoms with E-state index < -0.39 is 0 Å². The first-order chi connectivity index (χ1) is 11.6. The summed E-state index contributed by atoms with van der Waals surface area (Å²) in [4.78, 5) is 16.4. The van der Waals surface area contributed by atoms with Gasteiger partial charge in [0.25, 0.3) is 0 Å². The van der Waals surface area contributed by atoms with Gasteiger partial charge in [-0.3, -0.25) is 15.2 Å². The summed E-state index contributed by atoms with van der Waals surface area (Å²) in [5, 5.41) is 19.6. The molecule has 7 nitrogen and oxygen atoms in total. The molecule has 9 heteroatoms. The highest BCUT2D eigenvalue weighted by atomic mass is 32.2. The molecule has 0 unspecified atom stereocenters. The molecule has 0 spiro atoms. The lowest BCUT2D eigenvalue weighted by molar-refractivity contribution is -0.113. The Morgan fingerprint density at radius 2 is 2.25 bits per heavy atom. The van der Waals surface area contributed by atoms with Crippen LogP contribution in [0, 0.1) is 6.92 Å². The number of anilines is 1. The topological polar surface area (TPSA) is 96.5 Å². The van der Waals surface area contributed by atoms with E-state index in [1.54, 1.807) is 0 Å². The van der Waals surface area contributed by atoms with Gasteiger partial charge in [-0.1, -0.05) is 53.8 Å². The van der Waals surface area contributed by atoms with Gasteiger partial charge in [0, 0.05) is 5.56 Å². The van der Waals surface area contributed by atoms with Crippen molar-refractivity contribution < 1.29 is 4.79 Å². The monoisotopic (exact) mass is 360 g/mol. The summed E-state index contributed by atoms with van der Waals surface area (Å²) in [5.41, 5.74) is 2.13. The Bertz CT molecular complexity index is 844. The fraction of sp³-hybridized carbons (Fsp3) is 0.267. The molecule has 3 aromatic rings. The normalized spacial score (nSPS) is 10.8. The van der Waals surface area contributed by atoms with Crippen LogP contribution in [0.4, 0.5) is 5.13 Å². The van der Waals surface area contributed by atoms with Crippen LogP contribution in [0.3, 0.4) is 0 Å². The highest BCUT2D eigenvalue weighted by Gasteiger charge is 2.11. The van der Waals surface area contributed by atoms with E-state index in [1.165, 1.54) is 23.1 Å². The Hall–Kier alpha value is -2.26. The maximum atomic E-state index is 11.9. The Labute approximate surface area is 147 Å². The first-order valence-corrected chi connectivity index (χ1v) is 9.18. The number of benzene rings is 1. The third kappa shape index (κ3) is 4.18. The molecule has 124 valence electrons. The van der Waals surface area contributed by atoms with Crippen molar-refractivity contribution >= 4 is 34.1 Å². The standard InChI is InChI=1S/C15H16N6OS2/c1-3-12-18-21-15(24-12)16-11(22)8-23-14-17-13(19-20-14)10-6-4-5-9(2)7-10/h4-7H,3,8H2,1-2H3,(H,16,21,22)(H,17,19,20). The summed E-state index contributed by atoms with van der Waals surface area (Å²) in [6.45, 7) is 4.02. The largest absolute Gasteiger partial charge is 0.300 e. The molecule has 1 aromatic carbocycles. The summed E-state index contributed by atoms with van der Waals surface area (Å²) in [6, 6.07) is 8.00. The molecule has 2 heterocycles. The second kappa shape index (κ2) is 7.54. The van der Waals surface area contributed by atoms with Gasteiger partial charge in [-0.05, 0) is 19.4 Å². The predicted molar refractivity (Wildman–Crippen MR) is 95.2 cm³/mol. The van der Waals surface area contributed by atoms with Crippen molar-refractivity contribution in [3.63, 3.8) is 0 Å². The number of H-pyrrole nitrogens is 1. The van der Waals surface area contributed by atoms with Crippen molar-refractivity contribution in [3.8, 4) is 11.4 Å². The molecule has 0 fully saturated rings. The quantitative estimate of drug-likeness (QED) is 0.656. The molecule has 0 atom stereocenters. The minimum Gasteiger partial charge on any atom is -0.300 e. The molecule has 0 saturated carbocycles. The van der Waals surface area contributed by atoms with E-state index >= 15 is 0 Å². The summed E-state index contributed by atoms with van der Waals surface area (Å²) >= 11 is 2.66. The van der Waals surface area contributed by atoms with Gasteiger partial charge < -0.3 is 0 Å². The third-order valence-corrected chi connectivity index (χ3v) is 4.93. The lowest BCUT2D eigenvalue weighted by Gasteiger charge is -1.98. The fourth-order valence-corrected chi connectivity index (χ4v) is 3.26. The molecule has 0 saturated heterocycles. The average Bonchev–Trinajstić information content (AvgIpc) is 3.22. The van der Waals surface area contributed by atoms with E-state index in [0.717, 1.165) is 22.6 Å². The molecule has 0 aliphatic carbocycles. The van der Waals surface area contributed by atoms with Crippen molar-refractivity contribution in [1.29, 1.82) is 0 Å². The number of amides is 1. The van der Waals surface area contributed by atoms with Crippen LogP contribution < -0.4 is 5.32 Å². The highest BCUT2D eigenvalue weighted by Crippen LogP contribution is 2.21. The molecular formula is C15H16N6OS2. The first kappa shape index (κ1) is 16.6. The molecular weight excluding hydrogens is 344 g/mol. The van der Waals surface area contributed by atoms with Gasteiger partial charge in [0.2, 0.25) is 16.2 Å². The zero-order valence-corrected chi connectivity index (χ0v) is 14.9. The Morgan fingerprint density at radius 3 is 3.00 bits per heavy atom. The number of aromatic nitrogens is 5. The Morgan fingerprint density at radius 1 is 1.38 bits per heavy atom. The van der Waals surface area contributed by atoms with E-state index in [1.807, 2.05) is 38.1 Å². The van der Waals surface area contributed by atoms with E-state index in [9.17, 15) is 4.79 Å². The first-order valence-electron chi connectivity index (χ1n) is 7.38. The number of thioether (sulfide) groups is 1. The van der Waals surface area contributed by atoms with E-state index in [2.05, 4.69) is 30.7 Å². The van der Waals surface area contributed by atoms with Crippen LogP contribution in [0.1, 0.15) is 17.5 Å². The number of nitrogens with zero attached hydrogens (tertiary/aromatic N) is 4. The SMILES string of the molecule is CCc1nnc(NC(=O)CSc2n[nH]c(-c3cccc(C)c3)n2)s1. The third-order valence-electron chi connectivity index (χ3n) is 3.10. The van der Waals surface area contributed by atoms with Gasteiger partial charge in [-0.2, -0.15) is 0 Å². The molecule has 3 rings (SSSR count). The lowest BCUT2D eigenvalue weighted by Crippen LogP contribution is -2.13. The minimum absolute atomic E-state index is 0.152. The van der Waals surface area contributed by atoms with E-state index in [4.69, 9.17) is 0 Å². The molecule has 1 amide bonds. The lowest BCUT2D eigenvalue weighted by atomic mass is 10.1. The van der Waals surface area contributed by atoms with Crippen molar-refractivity contribution in [1.82, 2.24) is 25.4 Å². The Kier molecular flexibility index (Phi) is 5.21. The van der Waals surface area contributed by atoms with Gasteiger partial charge in [0.15, 0.2) is 5.82 Å². The van der Waals surface area contributed by atoms with Gasteiger partial charge in [-0.15, -0.1) is 15.3 Å². The predicted octanol–water partition coefficient (Wildman–Crippen LogP) is 2.92. The van der Waals surface area contributed by atoms with Crippen LogP contribution in [0.5, 0.6) is 0 Å². The zero-order valence-electron chi connectivity index (χ0n) is 13.2. The summed E-state index contributed by atoms with van der Waals surface area (Å²) in [6.07, 6.45) is 0.807. The summed E-state index contributed by atoms with van der Waals surface area (Å²) in [5.74, 6) is 0.755. The molecule has 0 bridgehead atoms. The number of hydrogen-bond acceptors (Lipinski definition) is 7. The van der Waals surface area contributed by atoms with Crippen LogP contribution >= 0.6 is 23.1 Å². The molecule has 0 aliphatic heterocycles. The molecule has 2 N–H and O–H groups in total. The number of rotatable bonds is 6. The average molecular weight is 360 g/mol. The number of hydrogen-bond donors (Lipinski definition) is 2. The van der Waals surface area contributed by atoms with Crippen LogP contribution in [0.15, 0.2) is 29.4 Å². The van der Waals surface area contributed by atoms with Crippen molar-refractivity contribution in [2.24, 2.45) is 0 Å². The zero-order chi connectivity index (χ0) is 16.9. The maximum absolute atomic E-state index is 11.9. The van der Waals surface area contributed by atoms with Crippen LogP contribution in [0.2, 0.25) is 0 Å². The number of carbonyl (C=O) groups excluding carboxylic acids is 1. The van der Waals surface area contributed by atoms with Gasteiger partial charge in [0.1, 0.15) is 5.01 Å². The summed E-state index contributed by atoms with van der Waals surface area (Å²) < 4.78 is 0. The second-order valence-corrected chi connectivity index (χ2v) is 7.03. The number of carbonyl (C=O) groups is 1. The molecule has 0 aliphatic rings. The van der Waals surface area contributed by atoms with Gasteiger partial charge in [-0.25, -0.2) is 4.98 Å². The highest BCUT2D eigenvalue weighted by molar-refractivity contribution is 7.99. The van der Waals surface area contributed by atoms with Crippen molar-refractivity contribution in [2.45, 2.75) is 25.4 Å². The Balaban J connectivity index is 1.56. The summed E-state index contributed by atoms with van der Waals surface area (Å²) in [7, 11) is 0. The van der Waals surface area contributed by atoms with Crippen LogP contribution in [-0.4, -0.2) is 37.0 Å². The number of nitrogens with one attached hydrogen (secondary N) is 2. The van der Waals surface area contributed by atoms with Crippen LogP contribution in [-0.2, 0) is 11.2 Å². The van der Waals surface area contributed by atoms with E-state index in [0.29, 0.717) is 16.1 Å². The number of aryl methyl sites for hydroxylation is 2. The second-order valence-electron chi connectivity index (χ2n) is 5.03. The number of aromatic amines is 1. The van der Waals surface area contributed by atoms with Crippen LogP contribution in [0.25, 0.3) is 11.4 Å². The van der Waals surface area contributed by atoms with Crippen molar-refractivity contribution in [3.05, 3.63) is 34.8 Å². The molecule has 0 radical (unpaired) electrons. The molecule has 2 aromatic heterocycles. The molecule has 24 heavy (non-hydrogen) atoms. The maximum Gasteiger partial charge on any atom is 0.236 e. The van der Waals surface area contributed by atoms with Gasteiger partial charge >= 0.3 is 0 Å². The van der Waals surface area contributed by atoms with Gasteiger partial charge in [0.05, 0.1) is 5.75 Å².